The molecule has 0 saturated carbocycles. The summed E-state index contributed by atoms with van der Waals surface area (Å²) < 4.78 is 4.91. The van der Waals surface area contributed by atoms with Gasteiger partial charge < -0.3 is 20.1 Å². The number of methoxy groups -OCH3 is 1. The van der Waals surface area contributed by atoms with Gasteiger partial charge in [-0.2, -0.15) is 0 Å². The molecular formula is C7H12BNO3. The van der Waals surface area contributed by atoms with Crippen molar-refractivity contribution in [2.45, 2.75) is 12.4 Å². The first-order chi connectivity index (χ1) is 5.58. The molecule has 0 amide bonds. The molecule has 4 nitrogen and oxygen atoms in total. The van der Waals surface area contributed by atoms with Gasteiger partial charge in [-0.25, -0.2) is 0 Å². The van der Waals surface area contributed by atoms with Crippen molar-refractivity contribution in [2.75, 3.05) is 7.11 Å². The predicted octanol–water partition coefficient (Wildman–Crippen LogP) is -0.596. The maximum Gasteiger partial charge on any atom is 0.482 e. The van der Waals surface area contributed by atoms with Gasteiger partial charge in [-0.1, -0.05) is 12.2 Å². The Bertz CT molecular complexity index is 227. The predicted molar refractivity (Wildman–Crippen MR) is 46.0 cm³/mol. The molecule has 0 saturated heterocycles. The van der Waals surface area contributed by atoms with Crippen molar-refractivity contribution in [1.82, 2.24) is 5.32 Å². The van der Waals surface area contributed by atoms with Crippen molar-refractivity contribution in [1.29, 1.82) is 0 Å². The summed E-state index contributed by atoms with van der Waals surface area (Å²) in [4.78, 5) is 0. The van der Waals surface area contributed by atoms with Crippen LogP contribution in [0.2, 0.25) is 0 Å². The third-order valence-electron chi connectivity index (χ3n) is 1.84. The molecule has 12 heavy (non-hydrogen) atoms. The molecule has 0 spiro atoms. The molecule has 0 aromatic heterocycles. The van der Waals surface area contributed by atoms with Gasteiger partial charge in [-0.05, 0) is 13.0 Å². The summed E-state index contributed by atoms with van der Waals surface area (Å²) in [5.74, 6) is 0.521. The van der Waals surface area contributed by atoms with Crippen LogP contribution in [0.1, 0.15) is 6.92 Å². The molecule has 0 bridgehead atoms. The molecule has 3 N–H and O–H groups in total. The largest absolute Gasteiger partial charge is 0.483 e. The Labute approximate surface area is 71.7 Å². The molecule has 1 heterocycles. The van der Waals surface area contributed by atoms with Crippen LogP contribution in [0.4, 0.5) is 0 Å². The van der Waals surface area contributed by atoms with Crippen LogP contribution in [0.3, 0.4) is 0 Å². The number of hydrogen-bond donors (Lipinski definition) is 3. The minimum atomic E-state index is -1.45. The second-order valence-electron chi connectivity index (χ2n) is 2.88. The van der Waals surface area contributed by atoms with Crippen molar-refractivity contribution >= 4 is 7.12 Å². The topological polar surface area (TPSA) is 61.7 Å². The Kier molecular flexibility index (Phi) is 2.44. The van der Waals surface area contributed by atoms with Crippen LogP contribution < -0.4 is 5.32 Å². The van der Waals surface area contributed by atoms with E-state index in [-0.39, 0.29) is 0 Å². The van der Waals surface area contributed by atoms with E-state index in [9.17, 15) is 0 Å². The summed E-state index contributed by atoms with van der Waals surface area (Å²) in [7, 11) is 0.0647. The molecule has 1 atom stereocenters. The number of dihydropyridines is 1. The monoisotopic (exact) mass is 169 g/mol. The lowest BCUT2D eigenvalue weighted by atomic mass is 9.65. The van der Waals surface area contributed by atoms with Crippen molar-refractivity contribution in [3.8, 4) is 0 Å². The smallest absolute Gasteiger partial charge is 0.482 e. The number of allylic oxidation sites excluding steroid dienone is 2. The average Bonchev–Trinajstić information content (AvgIpc) is 2.04. The lowest BCUT2D eigenvalue weighted by molar-refractivity contribution is 0.236. The van der Waals surface area contributed by atoms with Crippen molar-refractivity contribution in [3.05, 3.63) is 24.1 Å². The van der Waals surface area contributed by atoms with Crippen LogP contribution in [0.25, 0.3) is 0 Å². The molecule has 1 rings (SSSR count). The zero-order valence-electron chi connectivity index (χ0n) is 7.11. The Balaban J connectivity index is 2.75. The van der Waals surface area contributed by atoms with Crippen LogP contribution in [-0.4, -0.2) is 29.7 Å². The summed E-state index contributed by atoms with van der Waals surface area (Å²) in [6, 6.07) is 0. The molecule has 0 aliphatic carbocycles. The van der Waals surface area contributed by atoms with E-state index in [0.717, 1.165) is 0 Å². The zero-order valence-corrected chi connectivity index (χ0v) is 7.11. The second kappa shape index (κ2) is 3.20. The van der Waals surface area contributed by atoms with Crippen LogP contribution >= 0.6 is 0 Å². The summed E-state index contributed by atoms with van der Waals surface area (Å²) in [6.45, 7) is 1.67. The second-order valence-corrected chi connectivity index (χ2v) is 2.88. The molecule has 1 unspecified atom stereocenters. The Morgan fingerprint density at radius 1 is 1.58 bits per heavy atom. The molecule has 0 aromatic carbocycles. The number of ether oxygens (including phenoxy) is 1. The van der Waals surface area contributed by atoms with Gasteiger partial charge in [0.05, 0.1) is 12.5 Å². The molecule has 0 radical (unpaired) electrons. The lowest BCUT2D eigenvalue weighted by Gasteiger charge is -2.30. The fourth-order valence-electron chi connectivity index (χ4n) is 0.954. The summed E-state index contributed by atoms with van der Waals surface area (Å²) >= 11 is 0. The van der Waals surface area contributed by atoms with Crippen LogP contribution in [0, 0.1) is 0 Å². The third kappa shape index (κ3) is 1.62. The van der Waals surface area contributed by atoms with Crippen LogP contribution in [0.15, 0.2) is 24.1 Å². The maximum absolute atomic E-state index is 9.01. The molecule has 0 fully saturated rings. The van der Waals surface area contributed by atoms with Gasteiger partial charge in [0, 0.05) is 0 Å². The first-order valence-corrected chi connectivity index (χ1v) is 3.66. The SMILES string of the molecule is COC1=CC=CC(C)(B(O)O)N1. The van der Waals surface area contributed by atoms with E-state index >= 15 is 0 Å². The van der Waals surface area contributed by atoms with E-state index in [1.165, 1.54) is 7.11 Å². The van der Waals surface area contributed by atoms with Crippen molar-refractivity contribution in [2.24, 2.45) is 0 Å². The quantitative estimate of drug-likeness (QED) is 0.483. The molecular weight excluding hydrogens is 157 g/mol. The van der Waals surface area contributed by atoms with Crippen molar-refractivity contribution < 1.29 is 14.8 Å². The standard InChI is InChI=1S/C7H12BNO3/c1-7(8(10)11)5-3-4-6(9-7)12-2/h3-5,9-11H,1-2H3. The van der Waals surface area contributed by atoms with Gasteiger partial charge in [-0.3, -0.25) is 0 Å². The summed E-state index contributed by atoms with van der Waals surface area (Å²) in [5, 5.41) is 20.8. The first kappa shape index (κ1) is 9.16. The molecule has 1 aliphatic rings. The van der Waals surface area contributed by atoms with Gasteiger partial charge in [-0.15, -0.1) is 0 Å². The lowest BCUT2D eigenvalue weighted by Crippen LogP contribution is -2.54. The van der Waals surface area contributed by atoms with Crippen molar-refractivity contribution in [3.63, 3.8) is 0 Å². The molecule has 5 heteroatoms. The highest BCUT2D eigenvalue weighted by atomic mass is 16.5. The molecule has 66 valence electrons. The molecule has 0 aromatic rings. The number of nitrogens with one attached hydrogen (secondary N) is 1. The summed E-state index contributed by atoms with van der Waals surface area (Å²) in [5.41, 5.74) is -0.861. The van der Waals surface area contributed by atoms with E-state index in [1.54, 1.807) is 25.2 Å². The van der Waals surface area contributed by atoms with Gasteiger partial charge in [0.25, 0.3) is 0 Å². The number of hydrogen-bond acceptors (Lipinski definition) is 4. The Hall–Kier alpha value is -0.935. The first-order valence-electron chi connectivity index (χ1n) is 3.66. The van der Waals surface area contributed by atoms with E-state index in [2.05, 4.69) is 5.32 Å². The maximum atomic E-state index is 9.01. The fraction of sp³-hybridized carbons (Fsp3) is 0.429. The third-order valence-corrected chi connectivity index (χ3v) is 1.84. The van der Waals surface area contributed by atoms with E-state index in [4.69, 9.17) is 14.8 Å². The van der Waals surface area contributed by atoms with Gasteiger partial charge in [0.1, 0.15) is 0 Å². The highest BCUT2D eigenvalue weighted by molar-refractivity contribution is 6.46. The minimum absolute atomic E-state index is 0.521. The van der Waals surface area contributed by atoms with Crippen LogP contribution in [-0.2, 0) is 4.74 Å². The highest BCUT2D eigenvalue weighted by Crippen LogP contribution is 2.14. The highest BCUT2D eigenvalue weighted by Gasteiger charge is 2.36. The van der Waals surface area contributed by atoms with Gasteiger partial charge in [0.15, 0.2) is 5.88 Å². The van der Waals surface area contributed by atoms with Gasteiger partial charge in [0.2, 0.25) is 0 Å². The van der Waals surface area contributed by atoms with E-state index in [1.807, 2.05) is 0 Å². The van der Waals surface area contributed by atoms with Crippen LogP contribution in [0.5, 0.6) is 0 Å². The molecule has 1 aliphatic heterocycles. The Morgan fingerprint density at radius 2 is 2.25 bits per heavy atom. The normalized spacial score (nSPS) is 27.5. The minimum Gasteiger partial charge on any atom is -0.483 e. The summed E-state index contributed by atoms with van der Waals surface area (Å²) in [6.07, 6.45) is 5.10. The Morgan fingerprint density at radius 3 is 2.75 bits per heavy atom. The van der Waals surface area contributed by atoms with Gasteiger partial charge >= 0.3 is 7.12 Å². The number of rotatable bonds is 2. The average molecular weight is 169 g/mol. The van der Waals surface area contributed by atoms with E-state index < -0.39 is 12.6 Å². The zero-order chi connectivity index (χ0) is 9.19. The fourth-order valence-corrected chi connectivity index (χ4v) is 0.954. The van der Waals surface area contributed by atoms with E-state index in [0.29, 0.717) is 5.88 Å².